The summed E-state index contributed by atoms with van der Waals surface area (Å²) in [7, 11) is 0. The smallest absolute Gasteiger partial charge is 0.137 e. The molecule has 1 saturated heterocycles. The van der Waals surface area contributed by atoms with Crippen molar-refractivity contribution in [3.63, 3.8) is 0 Å². The van der Waals surface area contributed by atoms with Crippen LogP contribution >= 0.6 is 0 Å². The summed E-state index contributed by atoms with van der Waals surface area (Å²) in [5.41, 5.74) is 4.00. The highest BCUT2D eigenvalue weighted by molar-refractivity contribution is 5.64. The van der Waals surface area contributed by atoms with E-state index in [0.717, 1.165) is 35.2 Å². The van der Waals surface area contributed by atoms with Gasteiger partial charge in [0.25, 0.3) is 0 Å². The molecule has 6 nitrogen and oxygen atoms in total. The summed E-state index contributed by atoms with van der Waals surface area (Å²) >= 11 is 0. The third-order valence-corrected chi connectivity index (χ3v) is 5.10. The number of hydrogen-bond acceptors (Lipinski definition) is 6. The fraction of sp³-hybridized carbons (Fsp3) is 0.292. The van der Waals surface area contributed by atoms with E-state index >= 15 is 0 Å². The molecule has 3 aromatic rings. The Morgan fingerprint density at radius 3 is 2.73 bits per heavy atom. The van der Waals surface area contributed by atoms with Crippen LogP contribution in [0.3, 0.4) is 0 Å². The Hall–Kier alpha value is -3.27. The molecule has 2 aromatic carbocycles. The molecule has 152 valence electrons. The molecular weight excluding hydrogens is 378 g/mol. The van der Waals surface area contributed by atoms with Gasteiger partial charge in [-0.3, -0.25) is 0 Å². The summed E-state index contributed by atoms with van der Waals surface area (Å²) < 4.78 is 11.4. The number of aliphatic hydroxyl groups excluding tert-OH is 1. The second kappa shape index (κ2) is 9.49. The van der Waals surface area contributed by atoms with Crippen LogP contribution in [0.4, 0.5) is 0 Å². The minimum Gasteiger partial charge on any atom is -0.489 e. The maximum absolute atomic E-state index is 9.61. The summed E-state index contributed by atoms with van der Waals surface area (Å²) in [4.78, 5) is 9.05. The molecule has 0 bridgehead atoms. The number of hydrogen-bond donors (Lipinski definition) is 1. The Morgan fingerprint density at radius 1 is 1.10 bits per heavy atom. The van der Waals surface area contributed by atoms with Gasteiger partial charge in [-0.25, -0.2) is 9.97 Å². The Morgan fingerprint density at radius 2 is 1.93 bits per heavy atom. The first kappa shape index (κ1) is 20.0. The van der Waals surface area contributed by atoms with Crippen molar-refractivity contribution in [3.8, 4) is 23.1 Å². The normalized spacial score (nSPS) is 14.3. The van der Waals surface area contributed by atoms with Gasteiger partial charge in [0, 0.05) is 31.0 Å². The molecule has 30 heavy (non-hydrogen) atoms. The maximum atomic E-state index is 9.61. The molecule has 1 aliphatic rings. The van der Waals surface area contributed by atoms with Gasteiger partial charge in [-0.1, -0.05) is 24.3 Å². The fourth-order valence-corrected chi connectivity index (χ4v) is 3.52. The Kier molecular flexibility index (Phi) is 6.33. The molecule has 0 atom stereocenters. The Bertz CT molecular complexity index is 1060. The van der Waals surface area contributed by atoms with Gasteiger partial charge in [0.05, 0.1) is 31.1 Å². The van der Waals surface area contributed by atoms with E-state index in [1.54, 1.807) is 6.20 Å². The lowest BCUT2D eigenvalue weighted by molar-refractivity contribution is 0.0254. The first-order chi connectivity index (χ1) is 14.7. The first-order valence-electron chi connectivity index (χ1n) is 10.0. The van der Waals surface area contributed by atoms with E-state index in [4.69, 9.17) is 9.47 Å². The minimum absolute atomic E-state index is 0.00791. The number of ether oxygens (including phenoxy) is 2. The summed E-state index contributed by atoms with van der Waals surface area (Å²) in [5, 5.41) is 18.9. The number of nitrogens with zero attached hydrogens (tertiary/aromatic N) is 3. The standard InChI is InChI=1S/C24H23N3O3/c25-15-20-14-19(4-5-23(20)30-21-7-10-29-11-8-21)22-6-9-26-24(27-22)13-17-2-1-3-18(12-17)16-28/h1-6,9,12,14,21,28H,7-8,10-11,13,16H2. The third-order valence-electron chi connectivity index (χ3n) is 5.10. The quantitative estimate of drug-likeness (QED) is 0.678. The van der Waals surface area contributed by atoms with Crippen molar-refractivity contribution >= 4 is 0 Å². The van der Waals surface area contributed by atoms with Gasteiger partial charge in [-0.15, -0.1) is 0 Å². The molecule has 0 unspecified atom stereocenters. The van der Waals surface area contributed by atoms with Crippen molar-refractivity contribution in [2.75, 3.05) is 13.2 Å². The topological polar surface area (TPSA) is 88.3 Å². The Labute approximate surface area is 175 Å². The van der Waals surface area contributed by atoms with E-state index in [1.807, 2.05) is 48.5 Å². The van der Waals surface area contributed by atoms with Crippen LogP contribution in [0.25, 0.3) is 11.3 Å². The van der Waals surface area contributed by atoms with Crippen molar-refractivity contribution < 1.29 is 14.6 Å². The number of nitriles is 1. The van der Waals surface area contributed by atoms with Gasteiger partial charge in [0.2, 0.25) is 0 Å². The zero-order valence-corrected chi connectivity index (χ0v) is 16.6. The molecule has 1 aliphatic heterocycles. The van der Waals surface area contributed by atoms with E-state index < -0.39 is 0 Å². The van der Waals surface area contributed by atoms with Crippen molar-refractivity contribution in [1.29, 1.82) is 5.26 Å². The molecule has 0 aliphatic carbocycles. The van der Waals surface area contributed by atoms with Gasteiger partial charge in [0.15, 0.2) is 0 Å². The molecule has 4 rings (SSSR count). The van der Waals surface area contributed by atoms with Crippen LogP contribution < -0.4 is 4.74 Å². The second-order valence-corrected chi connectivity index (χ2v) is 7.27. The molecule has 1 N–H and O–H groups in total. The molecule has 6 heteroatoms. The second-order valence-electron chi connectivity index (χ2n) is 7.27. The zero-order valence-electron chi connectivity index (χ0n) is 16.6. The van der Waals surface area contributed by atoms with Crippen LogP contribution in [0.2, 0.25) is 0 Å². The van der Waals surface area contributed by atoms with Crippen LogP contribution in [0, 0.1) is 11.3 Å². The zero-order chi connectivity index (χ0) is 20.8. The molecule has 0 saturated carbocycles. The van der Waals surface area contributed by atoms with Gasteiger partial charge in [-0.05, 0) is 35.4 Å². The molecule has 2 heterocycles. The summed E-state index contributed by atoms with van der Waals surface area (Å²) in [6, 6.07) is 17.4. The molecule has 0 radical (unpaired) electrons. The number of aromatic nitrogens is 2. The molecule has 0 amide bonds. The monoisotopic (exact) mass is 401 g/mol. The third kappa shape index (κ3) is 4.82. The predicted octanol–water partition coefficient (Wildman–Crippen LogP) is 3.66. The predicted molar refractivity (Wildman–Crippen MR) is 112 cm³/mol. The maximum Gasteiger partial charge on any atom is 0.137 e. The summed E-state index contributed by atoms with van der Waals surface area (Å²) in [6.45, 7) is 1.39. The summed E-state index contributed by atoms with van der Waals surface area (Å²) in [6.07, 6.45) is 4.04. The lowest BCUT2D eigenvalue weighted by Gasteiger charge is -2.23. The van der Waals surface area contributed by atoms with Gasteiger partial charge in [-0.2, -0.15) is 5.26 Å². The first-order valence-corrected chi connectivity index (χ1v) is 10.0. The highest BCUT2D eigenvalue weighted by Gasteiger charge is 2.17. The van der Waals surface area contributed by atoms with Crippen molar-refractivity contribution in [2.24, 2.45) is 0 Å². The van der Waals surface area contributed by atoms with E-state index in [1.165, 1.54) is 0 Å². The van der Waals surface area contributed by atoms with Crippen molar-refractivity contribution in [2.45, 2.75) is 32.0 Å². The largest absolute Gasteiger partial charge is 0.489 e. The van der Waals surface area contributed by atoms with E-state index in [-0.39, 0.29) is 12.7 Å². The average molecular weight is 401 g/mol. The van der Waals surface area contributed by atoms with Crippen LogP contribution in [-0.4, -0.2) is 34.4 Å². The highest BCUT2D eigenvalue weighted by atomic mass is 16.5. The van der Waals surface area contributed by atoms with Gasteiger partial charge >= 0.3 is 0 Å². The number of benzene rings is 2. The van der Waals surface area contributed by atoms with Crippen molar-refractivity contribution in [3.05, 3.63) is 77.2 Å². The van der Waals surface area contributed by atoms with E-state index in [2.05, 4.69) is 16.0 Å². The van der Waals surface area contributed by atoms with Gasteiger partial charge < -0.3 is 14.6 Å². The molecule has 1 fully saturated rings. The molecule has 1 aromatic heterocycles. The minimum atomic E-state index is 0.00791. The molecular formula is C24H23N3O3. The van der Waals surface area contributed by atoms with Crippen LogP contribution in [0.1, 0.15) is 35.4 Å². The van der Waals surface area contributed by atoms with Crippen LogP contribution in [0.15, 0.2) is 54.7 Å². The fourth-order valence-electron chi connectivity index (χ4n) is 3.52. The lowest BCUT2D eigenvalue weighted by Crippen LogP contribution is -2.26. The lowest BCUT2D eigenvalue weighted by atomic mass is 10.1. The van der Waals surface area contributed by atoms with Crippen LogP contribution in [-0.2, 0) is 17.8 Å². The van der Waals surface area contributed by atoms with Gasteiger partial charge in [0.1, 0.15) is 23.7 Å². The molecule has 0 spiro atoms. The van der Waals surface area contributed by atoms with E-state index in [0.29, 0.717) is 36.8 Å². The number of aliphatic hydroxyl groups is 1. The summed E-state index contributed by atoms with van der Waals surface area (Å²) in [5.74, 6) is 1.28. The van der Waals surface area contributed by atoms with E-state index in [9.17, 15) is 10.4 Å². The SMILES string of the molecule is N#Cc1cc(-c2ccnc(Cc3cccc(CO)c3)n2)ccc1OC1CCOCC1. The average Bonchev–Trinajstić information content (AvgIpc) is 2.80. The number of rotatable bonds is 6. The Balaban J connectivity index is 1.54. The van der Waals surface area contributed by atoms with Crippen molar-refractivity contribution in [1.82, 2.24) is 9.97 Å². The highest BCUT2D eigenvalue weighted by Crippen LogP contribution is 2.27. The van der Waals surface area contributed by atoms with Crippen LogP contribution in [0.5, 0.6) is 5.75 Å².